The summed E-state index contributed by atoms with van der Waals surface area (Å²) in [6, 6.07) is 0. The van der Waals surface area contributed by atoms with E-state index < -0.39 is 7.12 Å². The normalized spacial score (nSPS) is 24.8. The second kappa shape index (κ2) is 4.70. The van der Waals surface area contributed by atoms with E-state index in [1.165, 1.54) is 0 Å². The number of halogens is 1. The average Bonchev–Trinajstić information content (AvgIpc) is 2.48. The molecule has 3 heterocycles. The van der Waals surface area contributed by atoms with E-state index in [9.17, 15) is 0 Å². The van der Waals surface area contributed by atoms with Gasteiger partial charge in [0.2, 0.25) is 0 Å². The van der Waals surface area contributed by atoms with Crippen molar-refractivity contribution in [3.8, 4) is 0 Å². The van der Waals surface area contributed by atoms with Crippen LogP contribution in [0, 0.1) is 0 Å². The van der Waals surface area contributed by atoms with Gasteiger partial charge in [-0.15, -0.1) is 0 Å². The summed E-state index contributed by atoms with van der Waals surface area (Å²) in [4.78, 5) is 4.32. The Morgan fingerprint density at radius 3 is 2.30 bits per heavy atom. The van der Waals surface area contributed by atoms with E-state index in [4.69, 9.17) is 20.9 Å². The van der Waals surface area contributed by atoms with Crippen LogP contribution in [0.25, 0.3) is 0 Å². The molecule has 0 bridgehead atoms. The lowest BCUT2D eigenvalue weighted by molar-refractivity contribution is 0.00578. The van der Waals surface area contributed by atoms with Gasteiger partial charge in [0.05, 0.1) is 11.2 Å². The second-order valence-corrected chi connectivity index (χ2v) is 6.95. The molecular formula is C14H20BClN2O2. The standard InChI is InChI=1S/C14H20BClN2O2/c1-13(2)14(3,4)20-15(19-13)11-8-18-7-10(12(11)16)9-5-17-6-9/h7-9,17H,5-6H2,1-4H3. The number of nitrogens with zero attached hydrogens (tertiary/aromatic N) is 1. The summed E-state index contributed by atoms with van der Waals surface area (Å²) in [7, 11) is -0.451. The maximum Gasteiger partial charge on any atom is 0.497 e. The zero-order valence-electron chi connectivity index (χ0n) is 12.4. The van der Waals surface area contributed by atoms with Crippen LogP contribution < -0.4 is 10.8 Å². The van der Waals surface area contributed by atoms with Crippen molar-refractivity contribution in [1.29, 1.82) is 0 Å². The molecule has 2 fully saturated rings. The first-order chi connectivity index (χ1) is 9.32. The minimum absolute atomic E-state index is 0.366. The van der Waals surface area contributed by atoms with Gasteiger partial charge >= 0.3 is 7.12 Å². The van der Waals surface area contributed by atoms with Crippen LogP contribution in [0.3, 0.4) is 0 Å². The van der Waals surface area contributed by atoms with Gasteiger partial charge in [0.1, 0.15) is 0 Å². The third-order valence-electron chi connectivity index (χ3n) is 4.66. The minimum atomic E-state index is -0.451. The fourth-order valence-corrected chi connectivity index (χ4v) is 2.75. The zero-order chi connectivity index (χ0) is 14.5. The zero-order valence-corrected chi connectivity index (χ0v) is 13.1. The maximum atomic E-state index is 6.55. The fourth-order valence-electron chi connectivity index (χ4n) is 2.41. The molecule has 0 spiro atoms. The number of aromatic nitrogens is 1. The molecule has 108 valence electrons. The summed E-state index contributed by atoms with van der Waals surface area (Å²) in [5.74, 6) is 0.442. The molecule has 0 amide bonds. The van der Waals surface area contributed by atoms with Crippen molar-refractivity contribution in [2.24, 2.45) is 0 Å². The first-order valence-electron chi connectivity index (χ1n) is 7.01. The molecule has 2 aliphatic rings. The highest BCUT2D eigenvalue weighted by Crippen LogP contribution is 2.37. The molecule has 0 aliphatic carbocycles. The summed E-state index contributed by atoms with van der Waals surface area (Å²) in [5.41, 5.74) is 1.18. The van der Waals surface area contributed by atoms with Crippen LogP contribution in [0.4, 0.5) is 0 Å². The predicted octanol–water partition coefficient (Wildman–Crippen LogP) is 1.72. The monoisotopic (exact) mass is 294 g/mol. The van der Waals surface area contributed by atoms with Crippen molar-refractivity contribution in [3.63, 3.8) is 0 Å². The molecule has 2 saturated heterocycles. The Balaban J connectivity index is 1.92. The molecule has 0 unspecified atom stereocenters. The summed E-state index contributed by atoms with van der Waals surface area (Å²) in [6.07, 6.45) is 3.60. The van der Waals surface area contributed by atoms with Crippen LogP contribution in [-0.2, 0) is 9.31 Å². The molecule has 1 aromatic rings. The van der Waals surface area contributed by atoms with E-state index in [2.05, 4.69) is 10.3 Å². The molecular weight excluding hydrogens is 274 g/mol. The number of pyridine rings is 1. The van der Waals surface area contributed by atoms with Crippen molar-refractivity contribution in [1.82, 2.24) is 10.3 Å². The van der Waals surface area contributed by atoms with Gasteiger partial charge in [0, 0.05) is 41.9 Å². The first kappa shape index (κ1) is 14.3. The highest BCUT2D eigenvalue weighted by molar-refractivity contribution is 6.65. The van der Waals surface area contributed by atoms with Gasteiger partial charge in [-0.2, -0.15) is 0 Å². The Hall–Kier alpha value is -0.615. The van der Waals surface area contributed by atoms with Crippen molar-refractivity contribution in [2.45, 2.75) is 44.8 Å². The highest BCUT2D eigenvalue weighted by atomic mass is 35.5. The van der Waals surface area contributed by atoms with Crippen LogP contribution in [0.15, 0.2) is 12.4 Å². The van der Waals surface area contributed by atoms with Crippen LogP contribution in [0.5, 0.6) is 0 Å². The summed E-state index contributed by atoms with van der Waals surface area (Å²) in [5, 5.41) is 3.98. The molecule has 1 aromatic heterocycles. The van der Waals surface area contributed by atoms with Gasteiger partial charge in [-0.05, 0) is 33.3 Å². The molecule has 0 saturated carbocycles. The summed E-state index contributed by atoms with van der Waals surface area (Å²) in [6.45, 7) is 10.0. The fraction of sp³-hybridized carbons (Fsp3) is 0.643. The van der Waals surface area contributed by atoms with E-state index in [-0.39, 0.29) is 11.2 Å². The van der Waals surface area contributed by atoms with E-state index in [1.54, 1.807) is 6.20 Å². The SMILES string of the molecule is CC1(C)OB(c2cncc(C3CNC3)c2Cl)OC1(C)C. The number of nitrogens with one attached hydrogen (secondary N) is 1. The molecule has 2 aliphatic heterocycles. The third-order valence-corrected chi connectivity index (χ3v) is 5.10. The van der Waals surface area contributed by atoms with Gasteiger partial charge in [0.25, 0.3) is 0 Å². The van der Waals surface area contributed by atoms with Gasteiger partial charge < -0.3 is 14.6 Å². The van der Waals surface area contributed by atoms with Gasteiger partial charge in [-0.3, -0.25) is 4.98 Å². The Morgan fingerprint density at radius 1 is 1.20 bits per heavy atom. The molecule has 20 heavy (non-hydrogen) atoms. The lowest BCUT2D eigenvalue weighted by atomic mass is 9.78. The highest BCUT2D eigenvalue weighted by Gasteiger charge is 2.52. The van der Waals surface area contributed by atoms with Crippen molar-refractivity contribution in [2.75, 3.05) is 13.1 Å². The second-order valence-electron chi connectivity index (χ2n) is 6.58. The van der Waals surface area contributed by atoms with Crippen LogP contribution >= 0.6 is 11.6 Å². The van der Waals surface area contributed by atoms with Crippen molar-refractivity contribution in [3.05, 3.63) is 23.0 Å². The third kappa shape index (κ3) is 2.17. The number of hydrogen-bond donors (Lipinski definition) is 1. The smallest absolute Gasteiger partial charge is 0.399 e. The van der Waals surface area contributed by atoms with E-state index in [0.29, 0.717) is 5.92 Å². The topological polar surface area (TPSA) is 43.4 Å². The maximum absolute atomic E-state index is 6.55. The Kier molecular flexibility index (Phi) is 3.37. The van der Waals surface area contributed by atoms with Crippen LogP contribution in [0.2, 0.25) is 5.02 Å². The first-order valence-corrected chi connectivity index (χ1v) is 7.39. The van der Waals surface area contributed by atoms with Gasteiger partial charge in [-0.25, -0.2) is 0 Å². The Labute approximate surface area is 125 Å². The van der Waals surface area contributed by atoms with E-state index in [0.717, 1.165) is 29.1 Å². The Morgan fingerprint density at radius 2 is 1.80 bits per heavy atom. The molecule has 1 N–H and O–H groups in total. The number of hydrogen-bond acceptors (Lipinski definition) is 4. The quantitative estimate of drug-likeness (QED) is 0.844. The van der Waals surface area contributed by atoms with Crippen LogP contribution in [-0.4, -0.2) is 36.4 Å². The van der Waals surface area contributed by atoms with E-state index >= 15 is 0 Å². The largest absolute Gasteiger partial charge is 0.497 e. The van der Waals surface area contributed by atoms with Gasteiger partial charge in [-0.1, -0.05) is 11.6 Å². The molecule has 0 atom stereocenters. The van der Waals surface area contributed by atoms with Gasteiger partial charge in [0.15, 0.2) is 0 Å². The van der Waals surface area contributed by atoms with Crippen molar-refractivity contribution < 1.29 is 9.31 Å². The molecule has 3 rings (SSSR count). The summed E-state index contributed by atoms with van der Waals surface area (Å²) < 4.78 is 12.1. The molecule has 6 heteroatoms. The molecule has 0 radical (unpaired) electrons. The Bertz CT molecular complexity index is 516. The minimum Gasteiger partial charge on any atom is -0.399 e. The number of rotatable bonds is 2. The lowest BCUT2D eigenvalue weighted by Crippen LogP contribution is -2.42. The lowest BCUT2D eigenvalue weighted by Gasteiger charge is -2.32. The average molecular weight is 295 g/mol. The molecule has 0 aromatic carbocycles. The molecule has 4 nitrogen and oxygen atoms in total. The predicted molar refractivity (Wildman–Crippen MR) is 80.6 cm³/mol. The summed E-state index contributed by atoms with van der Waals surface area (Å²) >= 11 is 6.55. The van der Waals surface area contributed by atoms with Crippen LogP contribution in [0.1, 0.15) is 39.2 Å². The van der Waals surface area contributed by atoms with E-state index in [1.807, 2.05) is 33.9 Å². The van der Waals surface area contributed by atoms with Crippen molar-refractivity contribution >= 4 is 24.2 Å².